The average Bonchev–Trinajstić information content (AvgIpc) is 3.00. The molecule has 0 aliphatic heterocycles. The van der Waals surface area contributed by atoms with Crippen LogP contribution in [0.2, 0.25) is 0 Å². The SMILES string of the molecule is Cc1ccc(-n2nnnc2SCCc2ccccn2)cc1C. The van der Waals surface area contributed by atoms with Crippen molar-refractivity contribution in [2.75, 3.05) is 5.75 Å². The Hall–Kier alpha value is -2.21. The van der Waals surface area contributed by atoms with Gasteiger partial charge in [0.15, 0.2) is 0 Å². The molecule has 0 N–H and O–H groups in total. The molecule has 0 spiro atoms. The second kappa shape index (κ2) is 6.70. The molecule has 2 aromatic heterocycles. The molecule has 0 aliphatic carbocycles. The van der Waals surface area contributed by atoms with Gasteiger partial charge < -0.3 is 0 Å². The van der Waals surface area contributed by atoms with Gasteiger partial charge in [-0.15, -0.1) is 5.10 Å². The Balaban J connectivity index is 1.71. The number of benzene rings is 1. The van der Waals surface area contributed by atoms with Gasteiger partial charge in [0.25, 0.3) is 0 Å². The summed E-state index contributed by atoms with van der Waals surface area (Å²) in [4.78, 5) is 4.33. The van der Waals surface area contributed by atoms with Crippen molar-refractivity contribution >= 4 is 11.8 Å². The topological polar surface area (TPSA) is 56.5 Å². The fourth-order valence-corrected chi connectivity index (χ4v) is 2.93. The van der Waals surface area contributed by atoms with Crippen molar-refractivity contribution in [3.63, 3.8) is 0 Å². The normalized spacial score (nSPS) is 10.8. The molecule has 0 aliphatic rings. The van der Waals surface area contributed by atoms with Crippen LogP contribution in [0.4, 0.5) is 0 Å². The molecule has 2 heterocycles. The van der Waals surface area contributed by atoms with E-state index in [9.17, 15) is 0 Å². The highest BCUT2D eigenvalue weighted by atomic mass is 32.2. The van der Waals surface area contributed by atoms with Crippen molar-refractivity contribution < 1.29 is 0 Å². The lowest BCUT2D eigenvalue weighted by Crippen LogP contribution is -2.01. The zero-order valence-corrected chi connectivity index (χ0v) is 13.4. The Kier molecular flexibility index (Phi) is 4.48. The summed E-state index contributed by atoms with van der Waals surface area (Å²) < 4.78 is 1.79. The number of hydrogen-bond acceptors (Lipinski definition) is 5. The van der Waals surface area contributed by atoms with E-state index >= 15 is 0 Å². The number of nitrogens with zero attached hydrogens (tertiary/aromatic N) is 5. The molecule has 0 fully saturated rings. The summed E-state index contributed by atoms with van der Waals surface area (Å²) in [6.07, 6.45) is 2.71. The van der Waals surface area contributed by atoms with Crippen LogP contribution >= 0.6 is 11.8 Å². The van der Waals surface area contributed by atoms with Gasteiger partial charge in [-0.25, -0.2) is 0 Å². The van der Waals surface area contributed by atoms with Crippen molar-refractivity contribution in [3.8, 4) is 5.69 Å². The van der Waals surface area contributed by atoms with Crippen LogP contribution in [-0.2, 0) is 6.42 Å². The fraction of sp³-hybridized carbons (Fsp3) is 0.250. The minimum Gasteiger partial charge on any atom is -0.261 e. The predicted octanol–water partition coefficient (Wildman–Crippen LogP) is 3.01. The summed E-state index contributed by atoms with van der Waals surface area (Å²) in [5.41, 5.74) is 4.58. The maximum absolute atomic E-state index is 4.33. The van der Waals surface area contributed by atoms with Crippen LogP contribution in [-0.4, -0.2) is 30.9 Å². The van der Waals surface area contributed by atoms with Crippen LogP contribution in [0.1, 0.15) is 16.8 Å². The summed E-state index contributed by atoms with van der Waals surface area (Å²) in [5.74, 6) is 0.891. The Morgan fingerprint density at radius 2 is 2.00 bits per heavy atom. The minimum atomic E-state index is 0.805. The highest BCUT2D eigenvalue weighted by molar-refractivity contribution is 7.99. The number of aryl methyl sites for hydroxylation is 3. The van der Waals surface area contributed by atoms with Crippen LogP contribution in [0, 0.1) is 13.8 Å². The fourth-order valence-electron chi connectivity index (χ4n) is 2.08. The summed E-state index contributed by atoms with van der Waals surface area (Å²) in [6, 6.07) is 12.2. The zero-order valence-electron chi connectivity index (χ0n) is 12.6. The predicted molar refractivity (Wildman–Crippen MR) is 87.3 cm³/mol. The van der Waals surface area contributed by atoms with E-state index in [1.165, 1.54) is 11.1 Å². The van der Waals surface area contributed by atoms with Gasteiger partial charge in [-0.2, -0.15) is 4.68 Å². The number of tetrazole rings is 1. The third-order valence-electron chi connectivity index (χ3n) is 3.49. The van der Waals surface area contributed by atoms with Crippen LogP contribution in [0.25, 0.3) is 5.69 Å². The van der Waals surface area contributed by atoms with Crippen molar-refractivity contribution in [3.05, 3.63) is 59.4 Å². The molecule has 0 amide bonds. The van der Waals surface area contributed by atoms with Gasteiger partial charge in [-0.05, 0) is 66.1 Å². The molecule has 0 bridgehead atoms. The molecule has 5 nitrogen and oxygen atoms in total. The second-order valence-corrected chi connectivity index (χ2v) is 6.12. The van der Waals surface area contributed by atoms with E-state index in [2.05, 4.69) is 46.5 Å². The number of thioether (sulfide) groups is 1. The quantitative estimate of drug-likeness (QED) is 0.678. The van der Waals surface area contributed by atoms with Crippen molar-refractivity contribution in [2.24, 2.45) is 0 Å². The van der Waals surface area contributed by atoms with E-state index in [0.29, 0.717) is 0 Å². The third-order valence-corrected chi connectivity index (χ3v) is 4.41. The summed E-state index contributed by atoms with van der Waals surface area (Å²) >= 11 is 1.64. The van der Waals surface area contributed by atoms with Gasteiger partial charge in [0, 0.05) is 17.6 Å². The van der Waals surface area contributed by atoms with E-state index in [4.69, 9.17) is 0 Å². The van der Waals surface area contributed by atoms with Gasteiger partial charge in [-0.3, -0.25) is 4.98 Å². The molecule has 0 saturated heterocycles. The molecule has 3 rings (SSSR count). The first-order valence-corrected chi connectivity index (χ1v) is 8.11. The van der Waals surface area contributed by atoms with Gasteiger partial charge in [0.05, 0.1) is 5.69 Å². The van der Waals surface area contributed by atoms with E-state index in [0.717, 1.165) is 28.7 Å². The highest BCUT2D eigenvalue weighted by Gasteiger charge is 2.09. The molecule has 6 heteroatoms. The first kappa shape index (κ1) is 14.7. The Morgan fingerprint density at radius 1 is 1.09 bits per heavy atom. The van der Waals surface area contributed by atoms with E-state index in [1.807, 2.05) is 30.5 Å². The molecular weight excluding hydrogens is 294 g/mol. The molecule has 112 valence electrons. The van der Waals surface area contributed by atoms with Crippen molar-refractivity contribution in [1.82, 2.24) is 25.2 Å². The lowest BCUT2D eigenvalue weighted by atomic mass is 10.1. The highest BCUT2D eigenvalue weighted by Crippen LogP contribution is 2.20. The Labute approximate surface area is 133 Å². The van der Waals surface area contributed by atoms with Crippen molar-refractivity contribution in [2.45, 2.75) is 25.4 Å². The van der Waals surface area contributed by atoms with Gasteiger partial charge in [0.2, 0.25) is 5.16 Å². The maximum atomic E-state index is 4.33. The maximum Gasteiger partial charge on any atom is 0.214 e. The molecule has 22 heavy (non-hydrogen) atoms. The summed E-state index contributed by atoms with van der Waals surface area (Å²) in [5, 5.41) is 12.8. The Morgan fingerprint density at radius 3 is 2.77 bits per heavy atom. The molecule has 3 aromatic rings. The molecular formula is C16H17N5S. The monoisotopic (exact) mass is 311 g/mol. The minimum absolute atomic E-state index is 0.805. The molecule has 1 aromatic carbocycles. The lowest BCUT2D eigenvalue weighted by Gasteiger charge is -2.06. The zero-order chi connectivity index (χ0) is 15.4. The number of rotatable bonds is 5. The summed E-state index contributed by atoms with van der Waals surface area (Å²) in [7, 11) is 0. The number of hydrogen-bond donors (Lipinski definition) is 0. The third kappa shape index (κ3) is 3.33. The number of pyridine rings is 1. The van der Waals surface area contributed by atoms with E-state index in [1.54, 1.807) is 16.4 Å². The van der Waals surface area contributed by atoms with Crippen LogP contribution in [0.15, 0.2) is 47.8 Å². The largest absolute Gasteiger partial charge is 0.261 e. The van der Waals surface area contributed by atoms with E-state index in [-0.39, 0.29) is 0 Å². The summed E-state index contributed by atoms with van der Waals surface area (Å²) in [6.45, 7) is 4.19. The first-order chi connectivity index (χ1) is 10.7. The lowest BCUT2D eigenvalue weighted by molar-refractivity contribution is 0.755. The van der Waals surface area contributed by atoms with E-state index < -0.39 is 0 Å². The van der Waals surface area contributed by atoms with Crippen LogP contribution < -0.4 is 0 Å². The first-order valence-electron chi connectivity index (χ1n) is 7.13. The molecule has 0 radical (unpaired) electrons. The smallest absolute Gasteiger partial charge is 0.214 e. The number of aromatic nitrogens is 5. The second-order valence-electron chi connectivity index (χ2n) is 5.06. The molecule has 0 saturated carbocycles. The average molecular weight is 311 g/mol. The van der Waals surface area contributed by atoms with Gasteiger partial charge >= 0.3 is 0 Å². The Bertz CT molecular complexity index is 754. The van der Waals surface area contributed by atoms with Crippen molar-refractivity contribution in [1.29, 1.82) is 0 Å². The van der Waals surface area contributed by atoms with Crippen LogP contribution in [0.5, 0.6) is 0 Å². The van der Waals surface area contributed by atoms with Gasteiger partial charge in [-0.1, -0.05) is 23.9 Å². The standard InChI is InChI=1S/C16H17N5S/c1-12-6-7-15(11-13(12)2)21-16(18-19-20-21)22-10-8-14-5-3-4-9-17-14/h3-7,9,11H,8,10H2,1-2H3. The van der Waals surface area contributed by atoms with Crippen LogP contribution in [0.3, 0.4) is 0 Å². The van der Waals surface area contributed by atoms with Gasteiger partial charge in [0.1, 0.15) is 0 Å². The molecule has 0 atom stereocenters. The molecule has 0 unspecified atom stereocenters.